The van der Waals surface area contributed by atoms with E-state index in [-0.39, 0.29) is 17.1 Å². The van der Waals surface area contributed by atoms with Gasteiger partial charge in [-0.1, -0.05) is 13.8 Å². The maximum atomic E-state index is 12.5. The van der Waals surface area contributed by atoms with Gasteiger partial charge in [-0.2, -0.15) is 0 Å². The molecule has 1 amide bonds. The molecule has 0 unspecified atom stereocenters. The molecule has 0 aliphatic rings. The molecule has 0 aliphatic carbocycles. The molecule has 0 bridgehead atoms. The van der Waals surface area contributed by atoms with E-state index >= 15 is 0 Å². The Hall–Kier alpha value is -1.62. The largest absolute Gasteiger partial charge is 0.354 e. The van der Waals surface area contributed by atoms with E-state index < -0.39 is 0 Å². The lowest BCUT2D eigenvalue weighted by Crippen LogP contribution is -2.40. The molecule has 3 N–H and O–H groups in total. The third-order valence-electron chi connectivity index (χ3n) is 3.57. The molecule has 1 heterocycles. The van der Waals surface area contributed by atoms with Crippen molar-refractivity contribution in [3.63, 3.8) is 0 Å². The number of carbonyl (C=O) groups is 2. The first-order valence-electron chi connectivity index (χ1n) is 6.76. The van der Waals surface area contributed by atoms with Crippen LogP contribution in [0.3, 0.4) is 0 Å². The number of amides is 1. The van der Waals surface area contributed by atoms with Crippen molar-refractivity contribution in [3.05, 3.63) is 22.5 Å². The van der Waals surface area contributed by atoms with Crippen molar-refractivity contribution >= 4 is 11.7 Å². The first-order valence-corrected chi connectivity index (χ1v) is 6.76. The van der Waals surface area contributed by atoms with Crippen LogP contribution in [-0.4, -0.2) is 41.7 Å². The monoisotopic (exact) mass is 279 g/mol. The number of aromatic amines is 1. The Balaban J connectivity index is 3.05. The lowest BCUT2D eigenvalue weighted by atomic mass is 9.93. The van der Waals surface area contributed by atoms with E-state index in [2.05, 4.69) is 4.98 Å². The number of nitrogens with zero attached hydrogens (tertiary/aromatic N) is 1. The van der Waals surface area contributed by atoms with Gasteiger partial charge in [-0.25, -0.2) is 0 Å². The predicted octanol–water partition coefficient (Wildman–Crippen LogP) is 1.89. The molecule has 0 spiro atoms. The molecule has 0 saturated heterocycles. The van der Waals surface area contributed by atoms with Crippen LogP contribution in [0.4, 0.5) is 0 Å². The molecule has 0 aromatic carbocycles. The van der Waals surface area contributed by atoms with Crippen LogP contribution in [0.1, 0.15) is 52.9 Å². The molecule has 0 aliphatic heterocycles. The fraction of sp³-hybridized carbons (Fsp3) is 0.600. The molecule has 0 radical (unpaired) electrons. The standard InChI is InChI=1S/C15H25N3O2/c1-9-12(11(3)19)10(2)17-13(9)14(20)18(6)8-15(4,5)7-16/h17H,7-8,16H2,1-6H3. The molecule has 1 aromatic heterocycles. The number of Topliss-reactive ketones (excluding diaryl/α,β-unsaturated/α-hetero) is 1. The van der Waals surface area contributed by atoms with Gasteiger partial charge in [0.15, 0.2) is 5.78 Å². The van der Waals surface area contributed by atoms with E-state index in [0.29, 0.717) is 24.3 Å². The SMILES string of the molecule is CC(=O)c1c(C)[nH]c(C(=O)N(C)CC(C)(C)CN)c1C. The zero-order valence-corrected chi connectivity index (χ0v) is 13.3. The molecule has 5 nitrogen and oxygen atoms in total. The summed E-state index contributed by atoms with van der Waals surface area (Å²) in [4.78, 5) is 28.8. The van der Waals surface area contributed by atoms with E-state index in [9.17, 15) is 9.59 Å². The zero-order valence-electron chi connectivity index (χ0n) is 13.3. The van der Waals surface area contributed by atoms with Crippen LogP contribution in [0.2, 0.25) is 0 Å². The van der Waals surface area contributed by atoms with Gasteiger partial charge in [0.05, 0.1) is 0 Å². The highest BCUT2D eigenvalue weighted by molar-refractivity contribution is 6.02. The Morgan fingerprint density at radius 3 is 2.25 bits per heavy atom. The van der Waals surface area contributed by atoms with E-state index in [4.69, 9.17) is 5.73 Å². The number of aryl methyl sites for hydroxylation is 1. The second-order valence-corrected chi connectivity index (χ2v) is 6.21. The number of nitrogens with two attached hydrogens (primary N) is 1. The Morgan fingerprint density at radius 2 is 1.85 bits per heavy atom. The minimum atomic E-state index is -0.136. The van der Waals surface area contributed by atoms with Crippen molar-refractivity contribution < 1.29 is 9.59 Å². The summed E-state index contributed by atoms with van der Waals surface area (Å²) in [6.45, 7) is 10.2. The molecule has 20 heavy (non-hydrogen) atoms. The van der Waals surface area contributed by atoms with Gasteiger partial charge in [-0.3, -0.25) is 9.59 Å². The second kappa shape index (κ2) is 5.79. The third kappa shape index (κ3) is 3.28. The average molecular weight is 279 g/mol. The summed E-state index contributed by atoms with van der Waals surface area (Å²) in [6, 6.07) is 0. The highest BCUT2D eigenvalue weighted by Crippen LogP contribution is 2.21. The van der Waals surface area contributed by atoms with E-state index in [1.165, 1.54) is 6.92 Å². The van der Waals surface area contributed by atoms with Crippen LogP contribution in [0.5, 0.6) is 0 Å². The highest BCUT2D eigenvalue weighted by Gasteiger charge is 2.25. The van der Waals surface area contributed by atoms with Gasteiger partial charge >= 0.3 is 0 Å². The van der Waals surface area contributed by atoms with Crippen molar-refractivity contribution in [3.8, 4) is 0 Å². The second-order valence-electron chi connectivity index (χ2n) is 6.21. The number of hydrogen-bond acceptors (Lipinski definition) is 3. The first kappa shape index (κ1) is 16.4. The van der Waals surface area contributed by atoms with Crippen LogP contribution in [0.25, 0.3) is 0 Å². The van der Waals surface area contributed by atoms with Crippen LogP contribution in [-0.2, 0) is 0 Å². The number of carbonyl (C=O) groups excluding carboxylic acids is 2. The lowest BCUT2D eigenvalue weighted by molar-refractivity contribution is 0.0734. The van der Waals surface area contributed by atoms with Crippen LogP contribution >= 0.6 is 0 Å². The quantitative estimate of drug-likeness (QED) is 0.808. The molecule has 1 rings (SSSR count). The first-order chi connectivity index (χ1) is 9.10. The van der Waals surface area contributed by atoms with Crippen molar-refractivity contribution in [2.24, 2.45) is 11.1 Å². The summed E-state index contributed by atoms with van der Waals surface area (Å²) in [5.74, 6) is -0.139. The number of ketones is 1. The molecule has 1 aromatic rings. The lowest BCUT2D eigenvalue weighted by Gasteiger charge is -2.29. The summed E-state index contributed by atoms with van der Waals surface area (Å²) >= 11 is 0. The highest BCUT2D eigenvalue weighted by atomic mass is 16.2. The van der Waals surface area contributed by atoms with Crippen LogP contribution in [0, 0.1) is 19.3 Å². The van der Waals surface area contributed by atoms with Gasteiger partial charge in [-0.15, -0.1) is 0 Å². The zero-order chi connectivity index (χ0) is 15.7. The topological polar surface area (TPSA) is 79.2 Å². The predicted molar refractivity (Wildman–Crippen MR) is 80.1 cm³/mol. The molecular formula is C15H25N3O2. The van der Waals surface area contributed by atoms with E-state index in [0.717, 1.165) is 11.3 Å². The fourth-order valence-corrected chi connectivity index (χ4v) is 2.46. The maximum absolute atomic E-state index is 12.5. The fourth-order valence-electron chi connectivity index (χ4n) is 2.46. The van der Waals surface area contributed by atoms with E-state index in [1.807, 2.05) is 20.8 Å². The van der Waals surface area contributed by atoms with Gasteiger partial charge in [0.25, 0.3) is 5.91 Å². The molecule has 112 valence electrons. The van der Waals surface area contributed by atoms with Crippen molar-refractivity contribution in [2.45, 2.75) is 34.6 Å². The molecular weight excluding hydrogens is 254 g/mol. The summed E-state index contributed by atoms with van der Waals surface area (Å²) < 4.78 is 0. The van der Waals surface area contributed by atoms with Crippen LogP contribution in [0.15, 0.2) is 0 Å². The Kier molecular flexibility index (Phi) is 4.76. The number of rotatable bonds is 5. The molecule has 0 atom stereocenters. The Morgan fingerprint density at radius 1 is 1.30 bits per heavy atom. The average Bonchev–Trinajstić information content (AvgIpc) is 2.63. The maximum Gasteiger partial charge on any atom is 0.270 e. The van der Waals surface area contributed by atoms with E-state index in [1.54, 1.807) is 18.9 Å². The van der Waals surface area contributed by atoms with Crippen molar-refractivity contribution in [2.75, 3.05) is 20.1 Å². The third-order valence-corrected chi connectivity index (χ3v) is 3.57. The summed E-state index contributed by atoms with van der Waals surface area (Å²) in [7, 11) is 1.75. The smallest absolute Gasteiger partial charge is 0.270 e. The molecule has 0 saturated carbocycles. The van der Waals surface area contributed by atoms with Gasteiger partial charge in [0, 0.05) is 24.8 Å². The number of aromatic nitrogens is 1. The van der Waals surface area contributed by atoms with Gasteiger partial charge in [0.2, 0.25) is 0 Å². The Bertz CT molecular complexity index is 529. The van der Waals surface area contributed by atoms with Gasteiger partial charge in [0.1, 0.15) is 5.69 Å². The van der Waals surface area contributed by atoms with Crippen LogP contribution < -0.4 is 5.73 Å². The summed E-state index contributed by atoms with van der Waals surface area (Å²) in [5.41, 5.74) is 8.13. The normalized spacial score (nSPS) is 11.6. The van der Waals surface area contributed by atoms with Crippen molar-refractivity contribution in [1.29, 1.82) is 0 Å². The number of nitrogens with one attached hydrogen (secondary N) is 1. The summed E-state index contributed by atoms with van der Waals surface area (Å²) in [6.07, 6.45) is 0. The Labute approximate surface area is 120 Å². The van der Waals surface area contributed by atoms with Gasteiger partial charge < -0.3 is 15.6 Å². The molecule has 5 heteroatoms. The number of hydrogen-bond donors (Lipinski definition) is 2. The van der Waals surface area contributed by atoms with Gasteiger partial charge in [-0.05, 0) is 38.3 Å². The minimum Gasteiger partial charge on any atom is -0.354 e. The minimum absolute atomic E-state index is 0.0276. The summed E-state index contributed by atoms with van der Waals surface area (Å²) in [5, 5.41) is 0. The molecule has 0 fully saturated rings. The number of H-pyrrole nitrogens is 1. The van der Waals surface area contributed by atoms with Crippen molar-refractivity contribution in [1.82, 2.24) is 9.88 Å².